The third-order valence-electron chi connectivity index (χ3n) is 3.55. The van der Waals surface area contributed by atoms with Crippen molar-refractivity contribution in [2.24, 2.45) is 5.73 Å². The van der Waals surface area contributed by atoms with E-state index in [1.165, 1.54) is 12.8 Å². The van der Waals surface area contributed by atoms with Gasteiger partial charge in [-0.2, -0.15) is 0 Å². The number of methoxy groups -OCH3 is 1. The highest BCUT2D eigenvalue weighted by molar-refractivity contribution is 5.95. The van der Waals surface area contributed by atoms with Gasteiger partial charge in [0.1, 0.15) is 0 Å². The van der Waals surface area contributed by atoms with Crippen molar-refractivity contribution in [3.8, 4) is 0 Å². The number of anilines is 2. The molecule has 1 saturated heterocycles. The van der Waals surface area contributed by atoms with Crippen LogP contribution in [0, 0.1) is 0 Å². The predicted octanol–water partition coefficient (Wildman–Crippen LogP) is 1.59. The standard InChI is InChI=1S/C15H23N3O2/c1-20-10-7-14(16)15(19)17-12-5-4-6-13(11-12)18-8-2-3-9-18/h4-6,11,14H,2-3,7-10,16H2,1H3,(H,17,19). The SMILES string of the molecule is COCCC(N)C(=O)Nc1cccc(N2CCCC2)c1. The number of benzene rings is 1. The molecule has 0 saturated carbocycles. The Morgan fingerprint density at radius 1 is 1.45 bits per heavy atom. The molecule has 1 atom stereocenters. The number of amides is 1. The Kier molecular flexibility index (Phi) is 5.38. The fraction of sp³-hybridized carbons (Fsp3) is 0.533. The van der Waals surface area contributed by atoms with Gasteiger partial charge in [0.15, 0.2) is 0 Å². The van der Waals surface area contributed by atoms with E-state index < -0.39 is 6.04 Å². The molecule has 110 valence electrons. The van der Waals surface area contributed by atoms with Crippen molar-refractivity contribution in [2.75, 3.05) is 37.0 Å². The number of nitrogens with two attached hydrogens (primary N) is 1. The first kappa shape index (κ1) is 14.8. The molecule has 5 nitrogen and oxygen atoms in total. The van der Waals surface area contributed by atoms with E-state index in [0.717, 1.165) is 24.5 Å². The van der Waals surface area contributed by atoms with Crippen LogP contribution in [-0.2, 0) is 9.53 Å². The van der Waals surface area contributed by atoms with Crippen LogP contribution < -0.4 is 16.0 Å². The smallest absolute Gasteiger partial charge is 0.241 e. The lowest BCUT2D eigenvalue weighted by Crippen LogP contribution is -2.36. The molecule has 2 rings (SSSR count). The first-order chi connectivity index (χ1) is 9.70. The van der Waals surface area contributed by atoms with E-state index >= 15 is 0 Å². The Bertz CT molecular complexity index is 444. The fourth-order valence-electron chi connectivity index (χ4n) is 2.37. The molecule has 3 N–H and O–H groups in total. The zero-order valence-electron chi connectivity index (χ0n) is 12.0. The van der Waals surface area contributed by atoms with Crippen LogP contribution in [0.2, 0.25) is 0 Å². The van der Waals surface area contributed by atoms with Gasteiger partial charge in [-0.25, -0.2) is 0 Å². The summed E-state index contributed by atoms with van der Waals surface area (Å²) >= 11 is 0. The van der Waals surface area contributed by atoms with Crippen molar-refractivity contribution in [3.05, 3.63) is 24.3 Å². The molecule has 1 fully saturated rings. The molecule has 0 radical (unpaired) electrons. The number of nitrogens with one attached hydrogen (secondary N) is 1. The van der Waals surface area contributed by atoms with Crippen LogP contribution >= 0.6 is 0 Å². The second-order valence-corrected chi connectivity index (χ2v) is 5.12. The molecule has 1 heterocycles. The van der Waals surface area contributed by atoms with E-state index in [1.54, 1.807) is 7.11 Å². The Morgan fingerprint density at radius 3 is 2.90 bits per heavy atom. The number of carbonyl (C=O) groups excluding carboxylic acids is 1. The molecule has 1 unspecified atom stereocenters. The lowest BCUT2D eigenvalue weighted by molar-refractivity contribution is -0.117. The summed E-state index contributed by atoms with van der Waals surface area (Å²) in [4.78, 5) is 14.3. The summed E-state index contributed by atoms with van der Waals surface area (Å²) in [7, 11) is 1.60. The average Bonchev–Trinajstić information content (AvgIpc) is 2.99. The molecule has 1 aliphatic heterocycles. The Balaban J connectivity index is 1.95. The summed E-state index contributed by atoms with van der Waals surface area (Å²) in [5.41, 5.74) is 7.77. The van der Waals surface area contributed by atoms with E-state index in [1.807, 2.05) is 18.2 Å². The number of carbonyl (C=O) groups is 1. The van der Waals surface area contributed by atoms with Gasteiger partial charge in [0, 0.05) is 38.2 Å². The zero-order valence-corrected chi connectivity index (χ0v) is 12.0. The van der Waals surface area contributed by atoms with E-state index in [4.69, 9.17) is 10.5 Å². The maximum Gasteiger partial charge on any atom is 0.241 e. The quantitative estimate of drug-likeness (QED) is 0.828. The molecule has 20 heavy (non-hydrogen) atoms. The summed E-state index contributed by atoms with van der Waals surface area (Å²) in [6.45, 7) is 2.66. The highest BCUT2D eigenvalue weighted by atomic mass is 16.5. The van der Waals surface area contributed by atoms with Crippen molar-refractivity contribution >= 4 is 17.3 Å². The molecular weight excluding hydrogens is 254 g/mol. The normalized spacial score (nSPS) is 16.2. The minimum absolute atomic E-state index is 0.166. The number of ether oxygens (including phenoxy) is 1. The molecule has 1 aliphatic rings. The van der Waals surface area contributed by atoms with Crippen molar-refractivity contribution in [1.29, 1.82) is 0 Å². The largest absolute Gasteiger partial charge is 0.385 e. The molecule has 5 heteroatoms. The van der Waals surface area contributed by atoms with Gasteiger partial charge in [-0.3, -0.25) is 4.79 Å². The maximum atomic E-state index is 11.9. The average molecular weight is 277 g/mol. The van der Waals surface area contributed by atoms with Gasteiger partial charge in [-0.05, 0) is 37.5 Å². The summed E-state index contributed by atoms with van der Waals surface area (Å²) in [5, 5.41) is 2.87. The predicted molar refractivity (Wildman–Crippen MR) is 81.0 cm³/mol. The molecule has 0 aliphatic carbocycles. The van der Waals surface area contributed by atoms with E-state index in [-0.39, 0.29) is 5.91 Å². The minimum atomic E-state index is -0.537. The topological polar surface area (TPSA) is 67.6 Å². The second kappa shape index (κ2) is 7.26. The molecule has 1 aromatic carbocycles. The highest BCUT2D eigenvalue weighted by Crippen LogP contribution is 2.23. The van der Waals surface area contributed by atoms with Crippen LogP contribution in [0.1, 0.15) is 19.3 Å². The summed E-state index contributed by atoms with van der Waals surface area (Å²) in [6, 6.07) is 7.40. The van der Waals surface area contributed by atoms with Gasteiger partial charge in [0.25, 0.3) is 0 Å². The van der Waals surface area contributed by atoms with E-state index in [0.29, 0.717) is 13.0 Å². The van der Waals surface area contributed by atoms with Crippen molar-refractivity contribution < 1.29 is 9.53 Å². The van der Waals surface area contributed by atoms with Gasteiger partial charge in [0.2, 0.25) is 5.91 Å². The monoisotopic (exact) mass is 277 g/mol. The summed E-state index contributed by atoms with van der Waals surface area (Å²) in [6.07, 6.45) is 2.99. The van der Waals surface area contributed by atoms with Crippen molar-refractivity contribution in [1.82, 2.24) is 0 Å². The van der Waals surface area contributed by atoms with E-state index in [2.05, 4.69) is 16.3 Å². The van der Waals surface area contributed by atoms with Crippen LogP contribution in [0.15, 0.2) is 24.3 Å². The molecule has 0 bridgehead atoms. The van der Waals surface area contributed by atoms with Crippen molar-refractivity contribution in [2.45, 2.75) is 25.3 Å². The first-order valence-electron chi connectivity index (χ1n) is 7.11. The second-order valence-electron chi connectivity index (χ2n) is 5.12. The molecule has 1 amide bonds. The van der Waals surface area contributed by atoms with Gasteiger partial charge in [-0.15, -0.1) is 0 Å². The van der Waals surface area contributed by atoms with Crippen LogP contribution in [-0.4, -0.2) is 38.8 Å². The van der Waals surface area contributed by atoms with Crippen LogP contribution in [0.5, 0.6) is 0 Å². The number of hydrogen-bond donors (Lipinski definition) is 2. The van der Waals surface area contributed by atoms with Gasteiger partial charge < -0.3 is 20.7 Å². The number of nitrogens with zero attached hydrogens (tertiary/aromatic N) is 1. The van der Waals surface area contributed by atoms with Gasteiger partial charge in [-0.1, -0.05) is 6.07 Å². The van der Waals surface area contributed by atoms with Gasteiger partial charge >= 0.3 is 0 Å². The number of rotatable bonds is 6. The Morgan fingerprint density at radius 2 is 2.20 bits per heavy atom. The highest BCUT2D eigenvalue weighted by Gasteiger charge is 2.15. The molecule has 0 spiro atoms. The number of hydrogen-bond acceptors (Lipinski definition) is 4. The first-order valence-corrected chi connectivity index (χ1v) is 7.11. The molecule has 1 aromatic rings. The minimum Gasteiger partial charge on any atom is -0.385 e. The maximum absolute atomic E-state index is 11.9. The lowest BCUT2D eigenvalue weighted by Gasteiger charge is -2.19. The zero-order chi connectivity index (χ0) is 14.4. The Hall–Kier alpha value is -1.59. The lowest BCUT2D eigenvalue weighted by atomic mass is 10.2. The molecule has 0 aromatic heterocycles. The summed E-state index contributed by atoms with van der Waals surface area (Å²) < 4.78 is 4.93. The van der Waals surface area contributed by atoms with Crippen LogP contribution in [0.25, 0.3) is 0 Å². The Labute approximate surface area is 120 Å². The van der Waals surface area contributed by atoms with Crippen LogP contribution in [0.3, 0.4) is 0 Å². The van der Waals surface area contributed by atoms with E-state index in [9.17, 15) is 4.79 Å². The summed E-state index contributed by atoms with van der Waals surface area (Å²) in [5.74, 6) is -0.166. The fourth-order valence-corrected chi connectivity index (χ4v) is 2.37. The third-order valence-corrected chi connectivity index (χ3v) is 3.55. The van der Waals surface area contributed by atoms with Crippen LogP contribution in [0.4, 0.5) is 11.4 Å². The van der Waals surface area contributed by atoms with Crippen molar-refractivity contribution in [3.63, 3.8) is 0 Å². The van der Waals surface area contributed by atoms with Gasteiger partial charge in [0.05, 0.1) is 6.04 Å². The third kappa shape index (κ3) is 3.95. The molecular formula is C15H23N3O2.